The zero-order valence-corrected chi connectivity index (χ0v) is 18.0. The molecule has 0 amide bonds. The van der Waals surface area contributed by atoms with Gasteiger partial charge in [-0.05, 0) is 36.8 Å². The summed E-state index contributed by atoms with van der Waals surface area (Å²) >= 11 is 6.33. The second-order valence-corrected chi connectivity index (χ2v) is 8.30. The van der Waals surface area contributed by atoms with E-state index in [9.17, 15) is 0 Å². The van der Waals surface area contributed by atoms with Gasteiger partial charge in [-0.1, -0.05) is 49.6 Å². The fraction of sp³-hybridized carbons (Fsp3) is 0.500. The molecule has 1 atom stereocenters. The zero-order valence-electron chi connectivity index (χ0n) is 17.2. The number of halogens is 1. The van der Waals surface area contributed by atoms with Gasteiger partial charge < -0.3 is 10.2 Å². The second-order valence-electron chi connectivity index (χ2n) is 7.90. The van der Waals surface area contributed by atoms with Gasteiger partial charge in [-0.3, -0.25) is 4.68 Å². The Bertz CT molecular complexity index is 969. The van der Waals surface area contributed by atoms with E-state index in [0.29, 0.717) is 6.54 Å². The van der Waals surface area contributed by atoms with E-state index >= 15 is 0 Å². The van der Waals surface area contributed by atoms with Crippen molar-refractivity contribution < 1.29 is 0 Å². The molecule has 1 N–H and O–H groups in total. The first-order valence-corrected chi connectivity index (χ1v) is 11.0. The third-order valence-electron chi connectivity index (χ3n) is 5.81. The Hall–Kier alpha value is -2.34. The van der Waals surface area contributed by atoms with E-state index < -0.39 is 0 Å². The maximum Gasteiger partial charge on any atom is 0.229 e. The highest BCUT2D eigenvalue weighted by Crippen LogP contribution is 2.28. The van der Waals surface area contributed by atoms with Gasteiger partial charge in [0.1, 0.15) is 5.82 Å². The van der Waals surface area contributed by atoms with Gasteiger partial charge in [0, 0.05) is 31.7 Å². The summed E-state index contributed by atoms with van der Waals surface area (Å²) < 4.78 is 1.82. The SMILES string of the molecule is CCCC1CCCN(c2nc(NCc3ccccc3Cl)c3cnn(C)c3n2)CC1. The summed E-state index contributed by atoms with van der Waals surface area (Å²) in [5.41, 5.74) is 1.90. The van der Waals surface area contributed by atoms with Gasteiger partial charge in [-0.2, -0.15) is 15.1 Å². The van der Waals surface area contributed by atoms with Crippen LogP contribution in [0.2, 0.25) is 5.02 Å². The molecular formula is C22H29ClN6. The third-order valence-corrected chi connectivity index (χ3v) is 6.18. The van der Waals surface area contributed by atoms with Crippen molar-refractivity contribution in [2.75, 3.05) is 23.3 Å². The van der Waals surface area contributed by atoms with Gasteiger partial charge in [-0.25, -0.2) is 0 Å². The molecule has 7 heteroatoms. The molecule has 3 aromatic rings. The molecule has 154 valence electrons. The summed E-state index contributed by atoms with van der Waals surface area (Å²) in [4.78, 5) is 12.1. The van der Waals surface area contributed by atoms with Crippen LogP contribution >= 0.6 is 11.6 Å². The number of aromatic nitrogens is 4. The average Bonchev–Trinajstić information content (AvgIpc) is 2.95. The lowest BCUT2D eigenvalue weighted by atomic mass is 9.96. The zero-order chi connectivity index (χ0) is 20.2. The molecule has 1 aliphatic rings. The van der Waals surface area contributed by atoms with Crippen LogP contribution in [-0.4, -0.2) is 32.8 Å². The second kappa shape index (κ2) is 8.99. The van der Waals surface area contributed by atoms with Crippen molar-refractivity contribution in [1.29, 1.82) is 0 Å². The summed E-state index contributed by atoms with van der Waals surface area (Å²) in [7, 11) is 1.93. The Morgan fingerprint density at radius 3 is 2.86 bits per heavy atom. The first kappa shape index (κ1) is 20.0. The Labute approximate surface area is 177 Å². The third kappa shape index (κ3) is 4.47. The van der Waals surface area contributed by atoms with E-state index in [0.717, 1.165) is 52.4 Å². The molecule has 4 rings (SSSR count). The van der Waals surface area contributed by atoms with Crippen LogP contribution in [0.1, 0.15) is 44.6 Å². The van der Waals surface area contributed by atoms with Gasteiger partial charge >= 0.3 is 0 Å². The molecule has 3 heterocycles. The molecule has 0 saturated carbocycles. The van der Waals surface area contributed by atoms with E-state index in [1.54, 1.807) is 0 Å². The van der Waals surface area contributed by atoms with Crippen molar-refractivity contribution in [3.8, 4) is 0 Å². The number of hydrogen-bond donors (Lipinski definition) is 1. The normalized spacial score (nSPS) is 17.5. The molecule has 1 saturated heterocycles. The lowest BCUT2D eigenvalue weighted by Crippen LogP contribution is -2.26. The highest BCUT2D eigenvalue weighted by molar-refractivity contribution is 6.31. The van der Waals surface area contributed by atoms with E-state index in [2.05, 4.69) is 22.2 Å². The van der Waals surface area contributed by atoms with Crippen molar-refractivity contribution in [3.63, 3.8) is 0 Å². The highest BCUT2D eigenvalue weighted by atomic mass is 35.5. The summed E-state index contributed by atoms with van der Waals surface area (Å²) in [6.07, 6.45) is 8.12. The number of anilines is 2. The summed E-state index contributed by atoms with van der Waals surface area (Å²) in [5.74, 6) is 2.43. The average molecular weight is 413 g/mol. The molecule has 1 fully saturated rings. The van der Waals surface area contributed by atoms with Crippen LogP contribution in [0.15, 0.2) is 30.5 Å². The van der Waals surface area contributed by atoms with Crippen LogP contribution < -0.4 is 10.2 Å². The Morgan fingerprint density at radius 2 is 2.03 bits per heavy atom. The van der Waals surface area contributed by atoms with Gasteiger partial charge in [0.05, 0.1) is 11.6 Å². The predicted octanol–water partition coefficient (Wildman–Crippen LogP) is 5.04. The molecule has 0 bridgehead atoms. The molecule has 1 aromatic carbocycles. The number of nitrogens with zero attached hydrogens (tertiary/aromatic N) is 5. The molecule has 0 aliphatic carbocycles. The van der Waals surface area contributed by atoms with Crippen molar-refractivity contribution in [1.82, 2.24) is 19.7 Å². The van der Waals surface area contributed by atoms with Gasteiger partial charge in [0.25, 0.3) is 0 Å². The predicted molar refractivity (Wildman–Crippen MR) is 120 cm³/mol. The minimum atomic E-state index is 0.610. The first-order chi connectivity index (χ1) is 14.2. The molecular weight excluding hydrogens is 384 g/mol. The number of aryl methyl sites for hydroxylation is 1. The minimum absolute atomic E-state index is 0.610. The number of nitrogens with one attached hydrogen (secondary N) is 1. The Morgan fingerprint density at radius 1 is 1.17 bits per heavy atom. The minimum Gasteiger partial charge on any atom is -0.365 e. The highest BCUT2D eigenvalue weighted by Gasteiger charge is 2.21. The summed E-state index contributed by atoms with van der Waals surface area (Å²) in [6, 6.07) is 7.88. The standard InChI is InChI=1S/C22H29ClN6/c1-3-7-16-8-6-12-29(13-11-16)22-26-20(18-15-25-28(2)21(18)27-22)24-14-17-9-4-5-10-19(17)23/h4-5,9-10,15-16H,3,6-8,11-14H2,1-2H3,(H,24,26,27). The van der Waals surface area contributed by atoms with Crippen LogP contribution in [0.4, 0.5) is 11.8 Å². The molecule has 29 heavy (non-hydrogen) atoms. The molecule has 0 spiro atoms. The maximum atomic E-state index is 6.33. The van der Waals surface area contributed by atoms with Crippen molar-refractivity contribution in [2.45, 2.75) is 45.6 Å². The molecule has 1 unspecified atom stereocenters. The fourth-order valence-corrected chi connectivity index (χ4v) is 4.37. The molecule has 6 nitrogen and oxygen atoms in total. The maximum absolute atomic E-state index is 6.33. The number of benzene rings is 1. The van der Waals surface area contributed by atoms with Crippen molar-refractivity contribution >= 4 is 34.4 Å². The molecule has 2 aromatic heterocycles. The number of hydrogen-bond acceptors (Lipinski definition) is 5. The van der Waals surface area contributed by atoms with E-state index in [4.69, 9.17) is 21.6 Å². The van der Waals surface area contributed by atoms with E-state index in [1.165, 1.54) is 32.1 Å². The van der Waals surface area contributed by atoms with Crippen molar-refractivity contribution in [2.24, 2.45) is 13.0 Å². The molecule has 1 aliphatic heterocycles. The van der Waals surface area contributed by atoms with E-state index in [-0.39, 0.29) is 0 Å². The molecule has 0 radical (unpaired) electrons. The Balaban J connectivity index is 1.60. The lowest BCUT2D eigenvalue weighted by Gasteiger charge is -2.21. The van der Waals surface area contributed by atoms with Crippen LogP contribution in [0.3, 0.4) is 0 Å². The summed E-state index contributed by atoms with van der Waals surface area (Å²) in [6.45, 7) is 4.91. The van der Waals surface area contributed by atoms with Crippen molar-refractivity contribution in [3.05, 3.63) is 41.0 Å². The monoisotopic (exact) mass is 412 g/mol. The van der Waals surface area contributed by atoms with Gasteiger partial charge in [0.15, 0.2) is 5.65 Å². The van der Waals surface area contributed by atoms with Crippen LogP contribution in [0.5, 0.6) is 0 Å². The smallest absolute Gasteiger partial charge is 0.229 e. The number of fused-ring (bicyclic) bond motifs is 1. The summed E-state index contributed by atoms with van der Waals surface area (Å²) in [5, 5.41) is 9.55. The largest absolute Gasteiger partial charge is 0.365 e. The van der Waals surface area contributed by atoms with Gasteiger partial charge in [-0.15, -0.1) is 0 Å². The topological polar surface area (TPSA) is 58.9 Å². The lowest BCUT2D eigenvalue weighted by molar-refractivity contribution is 0.435. The van der Waals surface area contributed by atoms with Crippen LogP contribution in [0, 0.1) is 5.92 Å². The first-order valence-electron chi connectivity index (χ1n) is 10.6. The number of rotatable bonds is 6. The van der Waals surface area contributed by atoms with Gasteiger partial charge in [0.2, 0.25) is 5.95 Å². The van der Waals surface area contributed by atoms with Crippen LogP contribution in [-0.2, 0) is 13.6 Å². The van der Waals surface area contributed by atoms with Crippen LogP contribution in [0.25, 0.3) is 11.0 Å². The fourth-order valence-electron chi connectivity index (χ4n) is 4.17. The quantitative estimate of drug-likeness (QED) is 0.614. The van der Waals surface area contributed by atoms with E-state index in [1.807, 2.05) is 42.2 Å². The Kier molecular flexibility index (Phi) is 6.19.